The van der Waals surface area contributed by atoms with Crippen LogP contribution in [0.1, 0.15) is 12.8 Å². The number of carbonyl (C=O) groups is 1. The standard InChI is InChI=1S/C21H23N3O2.ClH/c1-22-15-10-12-23(13-11-15)20(25)14-24-18-8-4-2-6-16(18)21(26)17-7-3-5-9-19(17)24;/h2-9,15,22H,10-14H2,1H3;1H. The molecule has 0 aliphatic carbocycles. The van der Waals surface area contributed by atoms with Gasteiger partial charge in [0, 0.05) is 29.9 Å². The molecule has 1 aromatic heterocycles. The Morgan fingerprint density at radius 3 is 2.04 bits per heavy atom. The van der Waals surface area contributed by atoms with Crippen LogP contribution in [-0.2, 0) is 11.3 Å². The highest BCUT2D eigenvalue weighted by molar-refractivity contribution is 5.94. The van der Waals surface area contributed by atoms with Crippen molar-refractivity contribution in [3.63, 3.8) is 0 Å². The third-order valence-corrected chi connectivity index (χ3v) is 5.43. The van der Waals surface area contributed by atoms with E-state index in [9.17, 15) is 9.59 Å². The lowest BCUT2D eigenvalue weighted by Crippen LogP contribution is -2.45. The maximum atomic E-state index is 12.9. The Balaban J connectivity index is 0.00000210. The number of amides is 1. The molecule has 0 saturated carbocycles. The van der Waals surface area contributed by atoms with Gasteiger partial charge in [0.05, 0.1) is 11.0 Å². The van der Waals surface area contributed by atoms with Crippen LogP contribution in [0.4, 0.5) is 0 Å². The summed E-state index contributed by atoms with van der Waals surface area (Å²) in [7, 11) is 1.97. The van der Waals surface area contributed by atoms with E-state index < -0.39 is 0 Å². The minimum atomic E-state index is 0. The maximum absolute atomic E-state index is 12.9. The van der Waals surface area contributed by atoms with Crippen molar-refractivity contribution in [1.29, 1.82) is 0 Å². The highest BCUT2D eigenvalue weighted by atomic mass is 35.5. The Kier molecular flexibility index (Phi) is 5.82. The molecule has 0 bridgehead atoms. The summed E-state index contributed by atoms with van der Waals surface area (Å²) in [5.41, 5.74) is 1.65. The number of nitrogens with one attached hydrogen (secondary N) is 1. The monoisotopic (exact) mass is 385 g/mol. The van der Waals surface area contributed by atoms with Gasteiger partial charge in [0.2, 0.25) is 5.91 Å². The number of halogens is 1. The zero-order chi connectivity index (χ0) is 18.1. The Hall–Kier alpha value is -2.37. The van der Waals surface area contributed by atoms with Crippen LogP contribution in [-0.4, -0.2) is 41.6 Å². The molecule has 0 spiro atoms. The Morgan fingerprint density at radius 2 is 1.52 bits per heavy atom. The average molecular weight is 386 g/mol. The first kappa shape index (κ1) is 19.4. The highest BCUT2D eigenvalue weighted by Crippen LogP contribution is 2.20. The first-order chi connectivity index (χ1) is 12.7. The van der Waals surface area contributed by atoms with E-state index >= 15 is 0 Å². The summed E-state index contributed by atoms with van der Waals surface area (Å²) in [6, 6.07) is 15.6. The van der Waals surface area contributed by atoms with E-state index in [1.54, 1.807) is 0 Å². The molecule has 142 valence electrons. The molecule has 1 saturated heterocycles. The quantitative estimate of drug-likeness (QED) is 0.705. The Bertz CT molecular complexity index is 963. The van der Waals surface area contributed by atoms with Crippen LogP contribution >= 0.6 is 12.4 Å². The Labute approximate surface area is 164 Å². The van der Waals surface area contributed by atoms with Crippen LogP contribution in [0.5, 0.6) is 0 Å². The maximum Gasteiger partial charge on any atom is 0.242 e. The van der Waals surface area contributed by atoms with E-state index in [4.69, 9.17) is 0 Å². The zero-order valence-corrected chi connectivity index (χ0v) is 16.2. The number of carbonyl (C=O) groups excluding carboxylic acids is 1. The number of hydrogen-bond donors (Lipinski definition) is 1. The van der Waals surface area contributed by atoms with Crippen molar-refractivity contribution in [2.45, 2.75) is 25.4 Å². The topological polar surface area (TPSA) is 54.3 Å². The molecular weight excluding hydrogens is 362 g/mol. The van der Waals surface area contributed by atoms with Gasteiger partial charge < -0.3 is 14.8 Å². The number of hydrogen-bond acceptors (Lipinski definition) is 3. The van der Waals surface area contributed by atoms with E-state index in [1.807, 2.05) is 65.0 Å². The van der Waals surface area contributed by atoms with Gasteiger partial charge >= 0.3 is 0 Å². The third kappa shape index (κ3) is 3.57. The number of aromatic nitrogens is 1. The van der Waals surface area contributed by atoms with E-state index in [-0.39, 0.29) is 30.3 Å². The molecule has 6 heteroatoms. The number of benzene rings is 2. The molecule has 1 aliphatic rings. The Morgan fingerprint density at radius 1 is 1.00 bits per heavy atom. The molecule has 2 aromatic carbocycles. The van der Waals surface area contributed by atoms with Crippen molar-refractivity contribution < 1.29 is 4.79 Å². The first-order valence-corrected chi connectivity index (χ1v) is 9.14. The summed E-state index contributed by atoms with van der Waals surface area (Å²) in [6.45, 7) is 1.81. The second-order valence-corrected chi connectivity index (χ2v) is 6.89. The molecule has 4 rings (SSSR count). The fourth-order valence-electron chi connectivity index (χ4n) is 3.90. The fraction of sp³-hybridized carbons (Fsp3) is 0.333. The molecule has 1 fully saturated rings. The first-order valence-electron chi connectivity index (χ1n) is 9.14. The van der Waals surface area contributed by atoms with Gasteiger partial charge in [-0.05, 0) is 44.2 Å². The van der Waals surface area contributed by atoms with Gasteiger partial charge in [0.25, 0.3) is 0 Å². The number of para-hydroxylation sites is 2. The van der Waals surface area contributed by atoms with Crippen molar-refractivity contribution in [2.24, 2.45) is 0 Å². The molecule has 5 nitrogen and oxygen atoms in total. The largest absolute Gasteiger partial charge is 0.341 e. The average Bonchev–Trinajstić information content (AvgIpc) is 2.71. The van der Waals surface area contributed by atoms with Crippen molar-refractivity contribution in [3.05, 3.63) is 58.8 Å². The van der Waals surface area contributed by atoms with Crippen molar-refractivity contribution in [2.75, 3.05) is 20.1 Å². The minimum Gasteiger partial charge on any atom is -0.341 e. The summed E-state index contributed by atoms with van der Waals surface area (Å²) in [4.78, 5) is 27.7. The van der Waals surface area contributed by atoms with Crippen molar-refractivity contribution >= 4 is 40.1 Å². The lowest BCUT2D eigenvalue weighted by molar-refractivity contribution is -0.132. The van der Waals surface area contributed by atoms with Gasteiger partial charge in [-0.3, -0.25) is 9.59 Å². The van der Waals surface area contributed by atoms with Gasteiger partial charge in [-0.1, -0.05) is 24.3 Å². The van der Waals surface area contributed by atoms with Gasteiger partial charge in [-0.2, -0.15) is 0 Å². The molecule has 27 heavy (non-hydrogen) atoms. The predicted octanol–water partition coefficient (Wildman–Crippen LogP) is 2.79. The van der Waals surface area contributed by atoms with E-state index in [0.717, 1.165) is 37.0 Å². The number of rotatable bonds is 3. The zero-order valence-electron chi connectivity index (χ0n) is 15.4. The number of piperidine rings is 1. The van der Waals surface area contributed by atoms with Crippen LogP contribution in [0.15, 0.2) is 53.3 Å². The lowest BCUT2D eigenvalue weighted by Gasteiger charge is -2.32. The fourth-order valence-corrected chi connectivity index (χ4v) is 3.90. The molecule has 3 aromatic rings. The van der Waals surface area contributed by atoms with Gasteiger partial charge in [-0.25, -0.2) is 0 Å². The summed E-state index contributed by atoms with van der Waals surface area (Å²) < 4.78 is 1.98. The van der Waals surface area contributed by atoms with E-state index in [2.05, 4.69) is 5.32 Å². The number of fused-ring (bicyclic) bond motifs is 2. The van der Waals surface area contributed by atoms with Gasteiger partial charge in [0.15, 0.2) is 5.43 Å². The molecule has 0 atom stereocenters. The second kappa shape index (κ2) is 8.11. The molecule has 1 N–H and O–H groups in total. The number of likely N-dealkylation sites (tertiary alicyclic amines) is 1. The summed E-state index contributed by atoms with van der Waals surface area (Å²) >= 11 is 0. The highest BCUT2D eigenvalue weighted by Gasteiger charge is 2.22. The molecule has 0 radical (unpaired) electrons. The summed E-state index contributed by atoms with van der Waals surface area (Å²) in [5.74, 6) is 0.110. The van der Waals surface area contributed by atoms with Crippen LogP contribution in [0.25, 0.3) is 21.8 Å². The lowest BCUT2D eigenvalue weighted by atomic mass is 10.1. The van der Waals surface area contributed by atoms with Crippen molar-refractivity contribution in [1.82, 2.24) is 14.8 Å². The SMILES string of the molecule is CNC1CCN(C(=O)Cn2c3ccccc3c(=O)c3ccccc32)CC1.Cl. The molecule has 2 heterocycles. The smallest absolute Gasteiger partial charge is 0.242 e. The molecule has 0 unspecified atom stereocenters. The normalized spacial score (nSPS) is 15.1. The summed E-state index contributed by atoms with van der Waals surface area (Å²) in [6.07, 6.45) is 1.96. The van der Waals surface area contributed by atoms with E-state index in [1.165, 1.54) is 0 Å². The second-order valence-electron chi connectivity index (χ2n) is 6.89. The number of pyridine rings is 1. The van der Waals surface area contributed by atoms with E-state index in [0.29, 0.717) is 16.8 Å². The molecular formula is C21H24ClN3O2. The predicted molar refractivity (Wildman–Crippen MR) is 112 cm³/mol. The molecule has 1 amide bonds. The molecule has 1 aliphatic heterocycles. The van der Waals surface area contributed by atoms with Crippen LogP contribution in [0.3, 0.4) is 0 Å². The van der Waals surface area contributed by atoms with Gasteiger partial charge in [0.1, 0.15) is 6.54 Å². The third-order valence-electron chi connectivity index (χ3n) is 5.43. The number of nitrogens with zero attached hydrogens (tertiary/aromatic N) is 2. The minimum absolute atomic E-state index is 0. The summed E-state index contributed by atoms with van der Waals surface area (Å²) in [5, 5.41) is 4.61. The van der Waals surface area contributed by atoms with Gasteiger partial charge in [-0.15, -0.1) is 12.4 Å². The van der Waals surface area contributed by atoms with Crippen molar-refractivity contribution in [3.8, 4) is 0 Å². The van der Waals surface area contributed by atoms with Crippen LogP contribution in [0.2, 0.25) is 0 Å². The van der Waals surface area contributed by atoms with Crippen LogP contribution < -0.4 is 10.7 Å². The van der Waals surface area contributed by atoms with Crippen LogP contribution in [0, 0.1) is 0 Å².